The van der Waals surface area contributed by atoms with Crippen LogP contribution in [0.1, 0.15) is 0 Å². The molecule has 0 heterocycles. The molecule has 0 radical (unpaired) electrons. The standard InChI is InChI=1S/4Ag.2Cr.8O/q4*+1;;;;;;;4*-1. The summed E-state index contributed by atoms with van der Waals surface area (Å²) in [4.78, 5) is 0. The van der Waals surface area contributed by atoms with Crippen LogP contribution < -0.4 is 16.6 Å². The van der Waals surface area contributed by atoms with Crippen LogP contribution in [0.3, 0.4) is 0 Å². The van der Waals surface area contributed by atoms with E-state index in [1.54, 1.807) is 0 Å². The van der Waals surface area contributed by atoms with Crippen molar-refractivity contribution in [3.63, 3.8) is 0 Å². The van der Waals surface area contributed by atoms with Crippen LogP contribution in [0.4, 0.5) is 0 Å². The van der Waals surface area contributed by atoms with Crippen LogP contribution in [0.25, 0.3) is 0 Å². The fourth-order valence-electron chi connectivity index (χ4n) is 0. The molecule has 0 saturated carbocycles. The molecule has 0 aliphatic heterocycles. The molecular formula is Ag4Cr2O8. The van der Waals surface area contributed by atoms with Gasteiger partial charge in [0, 0.05) is 0 Å². The molecule has 14 heavy (non-hydrogen) atoms. The number of rotatable bonds is 0. The minimum absolute atomic E-state index is 0. The molecule has 0 atom stereocenters. The van der Waals surface area contributed by atoms with Gasteiger partial charge >= 0.3 is 149 Å². The van der Waals surface area contributed by atoms with Gasteiger partial charge in [0.25, 0.3) is 0 Å². The molecule has 104 valence electrons. The van der Waals surface area contributed by atoms with E-state index < -0.39 is 27.2 Å². The van der Waals surface area contributed by atoms with Crippen LogP contribution >= 0.6 is 0 Å². The summed E-state index contributed by atoms with van der Waals surface area (Å²) in [6.45, 7) is 0. The Hall–Kier alpha value is 3.07. The second kappa shape index (κ2) is 16.1. The van der Waals surface area contributed by atoms with Crippen molar-refractivity contribution >= 4 is 0 Å². The molecule has 0 unspecified atom stereocenters. The Morgan fingerprint density at radius 1 is 0.500 bits per heavy atom. The van der Waals surface area contributed by atoms with Gasteiger partial charge in [0.2, 0.25) is 0 Å². The van der Waals surface area contributed by atoms with Crippen LogP contribution in [0.15, 0.2) is 0 Å². The molecule has 14 heteroatoms. The van der Waals surface area contributed by atoms with Crippen molar-refractivity contribution < 1.29 is 149 Å². The molecule has 0 bridgehead atoms. The summed E-state index contributed by atoms with van der Waals surface area (Å²) < 4.78 is 68.8. The molecule has 0 aromatic heterocycles. The van der Waals surface area contributed by atoms with E-state index in [2.05, 4.69) is 0 Å². The maximum absolute atomic E-state index is 8.59. The van der Waals surface area contributed by atoms with Gasteiger partial charge in [0.15, 0.2) is 0 Å². The van der Waals surface area contributed by atoms with Crippen LogP contribution in [-0.2, 0) is 132 Å². The summed E-state index contributed by atoms with van der Waals surface area (Å²) in [7, 11) is 0. The Morgan fingerprint density at radius 2 is 0.500 bits per heavy atom. The predicted octanol–water partition coefficient (Wildman–Crippen LogP) is -5.25. The Balaban J connectivity index is -0.0000000178. The third-order valence-corrected chi connectivity index (χ3v) is 0. The topological polar surface area (TPSA) is 161 Å². The first-order valence-electron chi connectivity index (χ1n) is 1.33. The molecule has 0 rings (SSSR count). The van der Waals surface area contributed by atoms with Crippen LogP contribution in [-0.4, -0.2) is 0 Å². The third-order valence-electron chi connectivity index (χ3n) is 0. The van der Waals surface area contributed by atoms with E-state index in [-0.39, 0.29) is 89.5 Å². The first kappa shape index (κ1) is 36.0. The summed E-state index contributed by atoms with van der Waals surface area (Å²) in [5.74, 6) is 0. The van der Waals surface area contributed by atoms with Gasteiger partial charge in [-0.1, -0.05) is 0 Å². The monoisotopic (exact) mass is 659 g/mol. The van der Waals surface area contributed by atoms with E-state index in [1.807, 2.05) is 0 Å². The van der Waals surface area contributed by atoms with Gasteiger partial charge < -0.3 is 0 Å². The first-order chi connectivity index (χ1) is 4.00. The molecule has 0 amide bonds. The SMILES string of the molecule is [Ag+].[Ag+].[Ag+].[Ag+].[O]=[Cr](=[O])([O-])[O-].[O]=[Cr](=[O])([O-])[O-]. The van der Waals surface area contributed by atoms with Gasteiger partial charge in [-0.15, -0.1) is 0 Å². The van der Waals surface area contributed by atoms with E-state index in [1.165, 1.54) is 0 Å². The van der Waals surface area contributed by atoms with Crippen molar-refractivity contribution in [2.45, 2.75) is 0 Å². The molecule has 0 N–H and O–H groups in total. The molecule has 0 spiro atoms. The summed E-state index contributed by atoms with van der Waals surface area (Å²) in [6.07, 6.45) is 0. The van der Waals surface area contributed by atoms with Crippen LogP contribution in [0.2, 0.25) is 0 Å². The zero-order valence-corrected chi connectivity index (χ0v) is 13.8. The van der Waals surface area contributed by atoms with E-state index in [9.17, 15) is 0 Å². The maximum atomic E-state index is 8.59. The Bertz CT molecular complexity index is 216. The van der Waals surface area contributed by atoms with Crippen molar-refractivity contribution in [1.82, 2.24) is 0 Å². The number of hydrogen-bond acceptors (Lipinski definition) is 8. The van der Waals surface area contributed by atoms with Crippen molar-refractivity contribution in [2.24, 2.45) is 0 Å². The van der Waals surface area contributed by atoms with Crippen molar-refractivity contribution in [3.8, 4) is 0 Å². The zero-order valence-electron chi connectivity index (χ0n) is 5.29. The van der Waals surface area contributed by atoms with Gasteiger partial charge in [-0.05, 0) is 0 Å². The van der Waals surface area contributed by atoms with Gasteiger partial charge in [-0.3, -0.25) is 0 Å². The van der Waals surface area contributed by atoms with Crippen LogP contribution in [0, 0.1) is 0 Å². The molecule has 0 aliphatic carbocycles. The van der Waals surface area contributed by atoms with Crippen molar-refractivity contribution in [2.75, 3.05) is 0 Å². The first-order valence-corrected chi connectivity index (χ1v) is 5.50. The summed E-state index contributed by atoms with van der Waals surface area (Å²) in [6, 6.07) is 0. The Kier molecular flexibility index (Phi) is 41.3. The second-order valence-corrected chi connectivity index (χ2v) is 3.37. The average Bonchev–Trinajstić information content (AvgIpc) is 1.12. The van der Waals surface area contributed by atoms with E-state index in [0.717, 1.165) is 0 Å². The average molecular weight is 663 g/mol. The molecule has 0 fully saturated rings. The molecule has 8 nitrogen and oxygen atoms in total. The molecule has 0 aromatic rings. The summed E-state index contributed by atoms with van der Waals surface area (Å²) >= 11 is -11.5. The molecule has 0 aliphatic rings. The summed E-state index contributed by atoms with van der Waals surface area (Å²) in [5.41, 5.74) is 0. The second-order valence-electron chi connectivity index (χ2n) is 0.816. The Labute approximate surface area is 146 Å². The van der Waals surface area contributed by atoms with Gasteiger partial charge in [-0.2, -0.15) is 0 Å². The van der Waals surface area contributed by atoms with E-state index in [0.29, 0.717) is 0 Å². The predicted molar refractivity (Wildman–Crippen MR) is 2.75 cm³/mol. The third kappa shape index (κ3) is 317. The quantitative estimate of drug-likeness (QED) is 0.233. The fourth-order valence-corrected chi connectivity index (χ4v) is 0. The van der Waals surface area contributed by atoms with Gasteiger partial charge in [0.1, 0.15) is 0 Å². The zero-order chi connectivity index (χ0) is 9.00. The van der Waals surface area contributed by atoms with Crippen molar-refractivity contribution in [3.05, 3.63) is 0 Å². The van der Waals surface area contributed by atoms with E-state index in [4.69, 9.17) is 31.8 Å². The Morgan fingerprint density at radius 3 is 0.500 bits per heavy atom. The van der Waals surface area contributed by atoms with Crippen LogP contribution in [0.5, 0.6) is 0 Å². The van der Waals surface area contributed by atoms with Gasteiger partial charge in [-0.25, -0.2) is 0 Å². The minimum atomic E-state index is -5.75. The van der Waals surface area contributed by atoms with Crippen molar-refractivity contribution in [1.29, 1.82) is 0 Å². The number of hydrogen-bond donors (Lipinski definition) is 0. The summed E-state index contributed by atoms with van der Waals surface area (Å²) in [5, 5.41) is 0. The van der Waals surface area contributed by atoms with E-state index >= 15 is 0 Å². The fraction of sp³-hybridized carbons (Fsp3) is 0. The molecule has 0 aromatic carbocycles. The molecule has 0 saturated heterocycles. The normalized spacial score (nSPS) is 8.29. The van der Waals surface area contributed by atoms with Gasteiger partial charge in [0.05, 0.1) is 0 Å². The molecular weight excluding hydrogens is 663 g/mol.